The maximum atomic E-state index is 12.3. The van der Waals surface area contributed by atoms with Crippen molar-refractivity contribution in [3.8, 4) is 0 Å². The lowest BCUT2D eigenvalue weighted by Gasteiger charge is -2.09. The van der Waals surface area contributed by atoms with Gasteiger partial charge in [-0.15, -0.1) is 0 Å². The number of rotatable bonds is 6. The van der Waals surface area contributed by atoms with Crippen molar-refractivity contribution in [1.82, 2.24) is 20.6 Å². The molecule has 28 heavy (non-hydrogen) atoms. The van der Waals surface area contributed by atoms with E-state index in [1.807, 2.05) is 12.1 Å². The first-order chi connectivity index (χ1) is 13.6. The first-order valence-corrected chi connectivity index (χ1v) is 8.62. The van der Waals surface area contributed by atoms with Crippen molar-refractivity contribution in [2.24, 2.45) is 0 Å². The summed E-state index contributed by atoms with van der Waals surface area (Å²) in [6.45, 7) is 0.750. The van der Waals surface area contributed by atoms with Crippen molar-refractivity contribution in [3.63, 3.8) is 0 Å². The Kier molecular flexibility index (Phi) is 6.14. The molecule has 0 aliphatic heterocycles. The minimum Gasteiger partial charge on any atom is -0.384 e. The summed E-state index contributed by atoms with van der Waals surface area (Å²) in [5.41, 5.74) is 8.47. The molecule has 5 N–H and O–H groups in total. The maximum Gasteiger partial charge on any atom is 0.315 e. The normalized spacial score (nSPS) is 10.1. The molecule has 0 unspecified atom stereocenters. The second-order valence-electron chi connectivity index (χ2n) is 6.02. The van der Waals surface area contributed by atoms with E-state index in [1.54, 1.807) is 48.8 Å². The van der Waals surface area contributed by atoms with Crippen molar-refractivity contribution in [1.29, 1.82) is 0 Å². The van der Waals surface area contributed by atoms with Gasteiger partial charge in [0.05, 0.1) is 0 Å². The third-order valence-electron chi connectivity index (χ3n) is 3.88. The summed E-state index contributed by atoms with van der Waals surface area (Å²) in [4.78, 5) is 32.0. The van der Waals surface area contributed by atoms with E-state index in [1.165, 1.54) is 6.20 Å². The summed E-state index contributed by atoms with van der Waals surface area (Å²) in [7, 11) is 0. The van der Waals surface area contributed by atoms with Gasteiger partial charge in [0, 0.05) is 49.0 Å². The molecular formula is C20H20N6O2. The summed E-state index contributed by atoms with van der Waals surface area (Å²) in [6, 6.07) is 13.6. The largest absolute Gasteiger partial charge is 0.384 e. The van der Waals surface area contributed by atoms with E-state index >= 15 is 0 Å². The van der Waals surface area contributed by atoms with Gasteiger partial charge < -0.3 is 21.7 Å². The molecule has 2 heterocycles. The van der Waals surface area contributed by atoms with Crippen LogP contribution in [0.5, 0.6) is 0 Å². The predicted molar refractivity (Wildman–Crippen MR) is 106 cm³/mol. The van der Waals surface area contributed by atoms with Gasteiger partial charge in [-0.3, -0.25) is 9.78 Å². The highest BCUT2D eigenvalue weighted by molar-refractivity contribution is 6.04. The summed E-state index contributed by atoms with van der Waals surface area (Å²) < 4.78 is 0. The lowest BCUT2D eigenvalue weighted by molar-refractivity contribution is 0.102. The van der Waals surface area contributed by atoms with Crippen molar-refractivity contribution in [2.75, 3.05) is 11.1 Å². The molecule has 0 bridgehead atoms. The van der Waals surface area contributed by atoms with Crippen LogP contribution in [0.15, 0.2) is 67.1 Å². The molecule has 3 aromatic rings. The predicted octanol–water partition coefficient (Wildman–Crippen LogP) is 2.31. The summed E-state index contributed by atoms with van der Waals surface area (Å²) in [5.74, 6) is 0.0837. The highest BCUT2D eigenvalue weighted by Gasteiger charge is 2.07. The highest BCUT2D eigenvalue weighted by atomic mass is 16.2. The molecule has 142 valence electrons. The average Bonchev–Trinajstić information content (AvgIpc) is 2.72. The molecule has 0 radical (unpaired) electrons. The number of anilines is 2. The van der Waals surface area contributed by atoms with E-state index in [2.05, 4.69) is 25.9 Å². The number of carbonyl (C=O) groups is 2. The number of carbonyl (C=O) groups excluding carboxylic acids is 2. The van der Waals surface area contributed by atoms with Crippen molar-refractivity contribution in [2.45, 2.75) is 13.1 Å². The second kappa shape index (κ2) is 9.13. The first kappa shape index (κ1) is 18.8. The number of nitrogen functional groups attached to an aromatic ring is 1. The SMILES string of the molecule is Nc1cc(NC(=O)c2ccc(CNC(=O)NCc3cccnc3)cc2)ccn1. The van der Waals surface area contributed by atoms with Crippen molar-refractivity contribution in [3.05, 3.63) is 83.8 Å². The van der Waals surface area contributed by atoms with Crippen LogP contribution in [0.1, 0.15) is 21.5 Å². The van der Waals surface area contributed by atoms with Crippen molar-refractivity contribution >= 4 is 23.4 Å². The summed E-state index contributed by atoms with van der Waals surface area (Å²) in [6.07, 6.45) is 4.91. The van der Waals surface area contributed by atoms with Gasteiger partial charge in [-0.2, -0.15) is 0 Å². The van der Waals surface area contributed by atoms with Gasteiger partial charge >= 0.3 is 6.03 Å². The Balaban J connectivity index is 1.47. The fraction of sp³-hybridized carbons (Fsp3) is 0.100. The molecule has 0 aliphatic carbocycles. The van der Waals surface area contributed by atoms with E-state index in [9.17, 15) is 9.59 Å². The molecule has 0 saturated heterocycles. The molecule has 0 fully saturated rings. The number of nitrogens with one attached hydrogen (secondary N) is 3. The second-order valence-corrected chi connectivity index (χ2v) is 6.02. The number of urea groups is 1. The number of nitrogens with zero attached hydrogens (tertiary/aromatic N) is 2. The van der Waals surface area contributed by atoms with E-state index < -0.39 is 0 Å². The maximum absolute atomic E-state index is 12.3. The van der Waals surface area contributed by atoms with Gasteiger partial charge in [0.2, 0.25) is 0 Å². The third-order valence-corrected chi connectivity index (χ3v) is 3.88. The Morgan fingerprint density at radius 2 is 1.68 bits per heavy atom. The number of pyridine rings is 2. The molecule has 0 spiro atoms. The minimum absolute atomic E-state index is 0.251. The Labute approximate surface area is 162 Å². The zero-order valence-electron chi connectivity index (χ0n) is 15.1. The fourth-order valence-electron chi connectivity index (χ4n) is 2.43. The molecule has 8 heteroatoms. The third kappa shape index (κ3) is 5.53. The number of aromatic nitrogens is 2. The molecule has 3 amide bonds. The molecule has 0 atom stereocenters. The number of amides is 3. The fourth-order valence-corrected chi connectivity index (χ4v) is 2.43. The molecule has 0 aliphatic rings. The van der Waals surface area contributed by atoms with Gasteiger partial charge in [-0.25, -0.2) is 9.78 Å². The zero-order chi connectivity index (χ0) is 19.8. The quantitative estimate of drug-likeness (QED) is 0.526. The zero-order valence-corrected chi connectivity index (χ0v) is 15.1. The first-order valence-electron chi connectivity index (χ1n) is 8.62. The van der Waals surface area contributed by atoms with Crippen LogP contribution < -0.4 is 21.7 Å². The summed E-state index contributed by atoms with van der Waals surface area (Å²) in [5, 5.41) is 8.29. The molecule has 8 nitrogen and oxygen atoms in total. The molecular weight excluding hydrogens is 356 g/mol. The van der Waals surface area contributed by atoms with E-state index in [0.717, 1.165) is 11.1 Å². The van der Waals surface area contributed by atoms with Crippen LogP contribution in [0.4, 0.5) is 16.3 Å². The van der Waals surface area contributed by atoms with Crippen LogP contribution in [-0.2, 0) is 13.1 Å². The lowest BCUT2D eigenvalue weighted by atomic mass is 10.1. The van der Waals surface area contributed by atoms with Crippen molar-refractivity contribution < 1.29 is 9.59 Å². The van der Waals surface area contributed by atoms with E-state index in [0.29, 0.717) is 30.2 Å². The summed E-state index contributed by atoms with van der Waals surface area (Å²) >= 11 is 0. The number of hydrogen-bond donors (Lipinski definition) is 4. The molecule has 3 rings (SSSR count). The van der Waals surface area contributed by atoms with Crippen LogP contribution >= 0.6 is 0 Å². The molecule has 2 aromatic heterocycles. The number of hydrogen-bond acceptors (Lipinski definition) is 5. The van der Waals surface area contributed by atoms with Crippen LogP contribution in [0.2, 0.25) is 0 Å². The smallest absolute Gasteiger partial charge is 0.315 e. The Hall–Kier alpha value is -3.94. The average molecular weight is 376 g/mol. The minimum atomic E-state index is -0.277. The molecule has 0 saturated carbocycles. The Bertz CT molecular complexity index is 944. The Morgan fingerprint density at radius 1 is 0.929 bits per heavy atom. The molecule has 1 aromatic carbocycles. The van der Waals surface area contributed by atoms with Gasteiger partial charge in [-0.05, 0) is 35.4 Å². The number of benzene rings is 1. The lowest BCUT2D eigenvalue weighted by Crippen LogP contribution is -2.34. The van der Waals surface area contributed by atoms with Crippen LogP contribution in [0.3, 0.4) is 0 Å². The number of nitrogens with two attached hydrogens (primary N) is 1. The van der Waals surface area contributed by atoms with Crippen LogP contribution in [-0.4, -0.2) is 21.9 Å². The van der Waals surface area contributed by atoms with E-state index in [-0.39, 0.29) is 11.9 Å². The van der Waals surface area contributed by atoms with Gasteiger partial charge in [-0.1, -0.05) is 18.2 Å². The standard InChI is InChI=1S/C20H20N6O2/c21-18-10-17(7-9-23-18)26-19(27)16-5-3-14(4-6-16)12-24-20(28)25-13-15-2-1-8-22-11-15/h1-11H,12-13H2,(H2,24,25,28)(H3,21,23,26,27). The van der Waals surface area contributed by atoms with Crippen LogP contribution in [0, 0.1) is 0 Å². The van der Waals surface area contributed by atoms with Gasteiger partial charge in [0.15, 0.2) is 0 Å². The van der Waals surface area contributed by atoms with Gasteiger partial charge in [0.1, 0.15) is 5.82 Å². The highest BCUT2D eigenvalue weighted by Crippen LogP contribution is 2.12. The topological polar surface area (TPSA) is 122 Å². The van der Waals surface area contributed by atoms with E-state index in [4.69, 9.17) is 5.73 Å². The van der Waals surface area contributed by atoms with Gasteiger partial charge in [0.25, 0.3) is 5.91 Å². The monoisotopic (exact) mass is 376 g/mol. The van der Waals surface area contributed by atoms with Crippen LogP contribution in [0.25, 0.3) is 0 Å². The Morgan fingerprint density at radius 3 is 2.36 bits per heavy atom.